The summed E-state index contributed by atoms with van der Waals surface area (Å²) in [6.45, 7) is 2.15. The Labute approximate surface area is 108 Å². The van der Waals surface area contributed by atoms with E-state index in [0.29, 0.717) is 0 Å². The van der Waals surface area contributed by atoms with Crippen LogP contribution >= 0.6 is 0 Å². The van der Waals surface area contributed by atoms with Crippen LogP contribution in [-0.4, -0.2) is 39.5 Å². The molecule has 0 aromatic heterocycles. The molecular formula is C6H4F8O4S2. The molecule has 120 valence electrons. The van der Waals surface area contributed by atoms with Crippen molar-refractivity contribution in [2.24, 2.45) is 0 Å². The molecule has 0 aliphatic heterocycles. The van der Waals surface area contributed by atoms with E-state index >= 15 is 0 Å². The predicted octanol–water partition coefficient (Wildman–Crippen LogP) is 2.22. The molecule has 0 amide bonds. The summed E-state index contributed by atoms with van der Waals surface area (Å²) >= 11 is -4.97. The van der Waals surface area contributed by atoms with E-state index in [1.807, 2.05) is 0 Å². The van der Waals surface area contributed by atoms with Crippen LogP contribution in [0.4, 0.5) is 35.1 Å². The maximum absolute atomic E-state index is 12.9. The van der Waals surface area contributed by atoms with Gasteiger partial charge in [-0.3, -0.25) is 0 Å². The van der Waals surface area contributed by atoms with Gasteiger partial charge in [0.15, 0.2) is 0 Å². The Balaban J connectivity index is 6.26. The van der Waals surface area contributed by atoms with Crippen molar-refractivity contribution in [1.29, 1.82) is 0 Å². The number of sulfone groups is 1. The molecule has 0 saturated heterocycles. The molecule has 4 nitrogen and oxygen atoms in total. The van der Waals surface area contributed by atoms with Crippen LogP contribution in [0.1, 0.15) is 0 Å². The van der Waals surface area contributed by atoms with Gasteiger partial charge < -0.3 is 4.55 Å². The van der Waals surface area contributed by atoms with Crippen molar-refractivity contribution in [3.05, 3.63) is 12.0 Å². The summed E-state index contributed by atoms with van der Waals surface area (Å²) in [5.41, 5.74) is 0. The highest BCUT2D eigenvalue weighted by molar-refractivity contribution is 7.95. The Morgan fingerprint density at radius 3 is 1.55 bits per heavy atom. The Kier molecular flexibility index (Phi) is 4.72. The number of rotatable bonds is 6. The fraction of sp³-hybridized carbons (Fsp3) is 0.667. The molecule has 0 radical (unpaired) electrons. The van der Waals surface area contributed by atoms with Crippen molar-refractivity contribution in [3.8, 4) is 0 Å². The minimum Gasteiger partial charge on any atom is -0.301 e. The van der Waals surface area contributed by atoms with E-state index in [2.05, 4.69) is 6.58 Å². The van der Waals surface area contributed by atoms with Gasteiger partial charge in [0, 0.05) is 5.41 Å². The summed E-state index contributed by atoms with van der Waals surface area (Å²) in [5, 5.41) is -14.1. The van der Waals surface area contributed by atoms with Gasteiger partial charge in [0.05, 0.1) is 0 Å². The quantitative estimate of drug-likeness (QED) is 0.585. The summed E-state index contributed by atoms with van der Waals surface area (Å²) < 4.78 is 141. The van der Waals surface area contributed by atoms with Gasteiger partial charge in [0.1, 0.15) is 0 Å². The van der Waals surface area contributed by atoms with Gasteiger partial charge >= 0.3 is 22.4 Å². The van der Waals surface area contributed by atoms with Gasteiger partial charge in [-0.05, 0) is 0 Å². The van der Waals surface area contributed by atoms with Crippen molar-refractivity contribution >= 4 is 20.9 Å². The first-order valence-electron chi connectivity index (χ1n) is 4.00. The smallest absolute Gasteiger partial charge is 0.301 e. The normalized spacial score (nSPS) is 16.9. The molecule has 0 aliphatic rings. The molecule has 0 heterocycles. The lowest BCUT2D eigenvalue weighted by Crippen LogP contribution is -2.65. The lowest BCUT2D eigenvalue weighted by Gasteiger charge is -2.34. The SMILES string of the molecule is C=CS(=O)(=O)C(F)(F)C(F)(F)C(F)(F)C(F)(F)S(=O)O. The molecular weight excluding hydrogens is 352 g/mol. The van der Waals surface area contributed by atoms with Crippen LogP contribution < -0.4 is 0 Å². The lowest BCUT2D eigenvalue weighted by molar-refractivity contribution is -0.325. The first kappa shape index (κ1) is 19.2. The molecule has 0 spiro atoms. The highest BCUT2D eigenvalue weighted by atomic mass is 32.2. The minimum atomic E-state index is -7.19. The molecule has 0 rings (SSSR count). The van der Waals surface area contributed by atoms with Gasteiger partial charge in [-0.25, -0.2) is 12.6 Å². The fourth-order valence-electron chi connectivity index (χ4n) is 0.759. The van der Waals surface area contributed by atoms with Gasteiger partial charge in [0.2, 0.25) is 20.9 Å². The van der Waals surface area contributed by atoms with Gasteiger partial charge in [-0.1, -0.05) is 6.58 Å². The molecule has 20 heavy (non-hydrogen) atoms. The molecule has 0 aliphatic carbocycles. The average molecular weight is 356 g/mol. The Morgan fingerprint density at radius 1 is 0.950 bits per heavy atom. The third kappa shape index (κ3) is 2.32. The molecule has 0 aromatic carbocycles. The third-order valence-corrected chi connectivity index (χ3v) is 4.03. The third-order valence-electron chi connectivity index (χ3n) is 1.92. The Morgan fingerprint density at radius 2 is 1.30 bits per heavy atom. The molecule has 14 heteroatoms. The molecule has 0 bridgehead atoms. The monoisotopic (exact) mass is 356 g/mol. The van der Waals surface area contributed by atoms with Crippen molar-refractivity contribution in [2.45, 2.75) is 22.4 Å². The zero-order chi connectivity index (χ0) is 16.8. The minimum absolute atomic E-state index is 0.842. The summed E-state index contributed by atoms with van der Waals surface area (Å²) in [6, 6.07) is 0. The fourth-order valence-corrected chi connectivity index (χ4v) is 1.80. The average Bonchev–Trinajstić information content (AvgIpc) is 2.27. The maximum Gasteiger partial charge on any atom is 0.417 e. The van der Waals surface area contributed by atoms with Gasteiger partial charge in [-0.15, -0.1) is 0 Å². The van der Waals surface area contributed by atoms with Crippen molar-refractivity contribution < 1.29 is 52.3 Å². The van der Waals surface area contributed by atoms with Crippen LogP contribution in [0.15, 0.2) is 12.0 Å². The zero-order valence-electron chi connectivity index (χ0n) is 8.80. The van der Waals surface area contributed by atoms with Crippen molar-refractivity contribution in [2.75, 3.05) is 0 Å². The summed E-state index contributed by atoms with van der Waals surface area (Å²) in [4.78, 5) is 0. The van der Waals surface area contributed by atoms with E-state index in [1.165, 1.54) is 0 Å². The van der Waals surface area contributed by atoms with Crippen molar-refractivity contribution in [1.82, 2.24) is 0 Å². The highest BCUT2D eigenvalue weighted by Crippen LogP contribution is 2.55. The molecule has 1 N–H and O–H groups in total. The standard InChI is InChI=1S/C6H4F8O4S2/c1-2-20(17,18)6(13,14)4(9,10)3(7,8)5(11,12)19(15)16/h2H,1H2,(H,15,16). The van der Waals surface area contributed by atoms with E-state index in [9.17, 15) is 47.8 Å². The Hall–Kier alpha value is -0.760. The van der Waals surface area contributed by atoms with E-state index in [-0.39, 0.29) is 0 Å². The van der Waals surface area contributed by atoms with Crippen LogP contribution in [0.3, 0.4) is 0 Å². The number of halogens is 8. The highest BCUT2D eigenvalue weighted by Gasteiger charge is 2.85. The zero-order valence-corrected chi connectivity index (χ0v) is 10.4. The second-order valence-electron chi connectivity index (χ2n) is 3.14. The van der Waals surface area contributed by atoms with E-state index in [4.69, 9.17) is 4.55 Å². The molecule has 0 saturated carbocycles. The topological polar surface area (TPSA) is 71.4 Å². The van der Waals surface area contributed by atoms with Crippen molar-refractivity contribution in [3.63, 3.8) is 0 Å². The second kappa shape index (κ2) is 4.91. The first-order chi connectivity index (χ1) is 8.50. The van der Waals surface area contributed by atoms with Gasteiger partial charge in [0.25, 0.3) is 0 Å². The largest absolute Gasteiger partial charge is 0.417 e. The maximum atomic E-state index is 12.9. The van der Waals surface area contributed by atoms with E-state index < -0.39 is 48.7 Å². The number of hydrogen-bond acceptors (Lipinski definition) is 3. The van der Waals surface area contributed by atoms with Crippen LogP contribution in [0, 0.1) is 0 Å². The number of alkyl halides is 8. The molecule has 0 fully saturated rings. The Bertz CT molecular complexity index is 525. The van der Waals surface area contributed by atoms with E-state index in [1.54, 1.807) is 0 Å². The molecule has 0 aromatic rings. The van der Waals surface area contributed by atoms with Crippen LogP contribution in [-0.2, 0) is 20.9 Å². The molecule has 1 atom stereocenters. The van der Waals surface area contributed by atoms with Crippen LogP contribution in [0.2, 0.25) is 0 Å². The van der Waals surface area contributed by atoms with E-state index in [0.717, 1.165) is 0 Å². The summed E-state index contributed by atoms with van der Waals surface area (Å²) in [6.07, 6.45) is 0. The molecule has 1 unspecified atom stereocenters. The van der Waals surface area contributed by atoms with Gasteiger partial charge in [-0.2, -0.15) is 35.1 Å². The lowest BCUT2D eigenvalue weighted by atomic mass is 10.2. The predicted molar refractivity (Wildman–Crippen MR) is 49.7 cm³/mol. The first-order valence-corrected chi connectivity index (χ1v) is 6.65. The second-order valence-corrected chi connectivity index (χ2v) is 6.09. The van der Waals surface area contributed by atoms with Crippen LogP contribution in [0.25, 0.3) is 0 Å². The van der Waals surface area contributed by atoms with Crippen LogP contribution in [0.5, 0.6) is 0 Å². The summed E-state index contributed by atoms with van der Waals surface area (Å²) in [5.74, 6) is -14.3. The number of hydrogen-bond donors (Lipinski definition) is 1. The summed E-state index contributed by atoms with van der Waals surface area (Å²) in [7, 11) is -6.44.